The van der Waals surface area contributed by atoms with Crippen LogP contribution in [0.2, 0.25) is 0 Å². The summed E-state index contributed by atoms with van der Waals surface area (Å²) < 4.78 is 18.5. The topological polar surface area (TPSA) is 85.2 Å². The van der Waals surface area contributed by atoms with Gasteiger partial charge < -0.3 is 9.84 Å². The lowest BCUT2D eigenvalue weighted by atomic mass is 10.2. The Bertz CT molecular complexity index is 839. The van der Waals surface area contributed by atoms with Gasteiger partial charge >= 0.3 is 5.97 Å². The van der Waals surface area contributed by atoms with Crippen molar-refractivity contribution in [2.45, 2.75) is 0 Å². The number of pyridine rings is 1. The number of halogens is 1. The zero-order chi connectivity index (χ0) is 14.8. The summed E-state index contributed by atoms with van der Waals surface area (Å²) >= 11 is 0. The highest BCUT2D eigenvalue weighted by molar-refractivity contribution is 5.91. The molecule has 3 rings (SSSR count). The van der Waals surface area contributed by atoms with Gasteiger partial charge in [0, 0.05) is 18.5 Å². The van der Waals surface area contributed by atoms with Crippen molar-refractivity contribution in [2.75, 3.05) is 0 Å². The first-order valence-electron chi connectivity index (χ1n) is 5.92. The molecule has 0 unspecified atom stereocenters. The minimum atomic E-state index is -1.29. The van der Waals surface area contributed by atoms with Gasteiger partial charge in [-0.25, -0.2) is 14.2 Å². The second-order valence-corrected chi connectivity index (χ2v) is 4.10. The summed E-state index contributed by atoms with van der Waals surface area (Å²) in [5.74, 6) is -1.79. The normalized spacial score (nSPS) is 10.5. The maximum Gasteiger partial charge on any atom is 0.339 e. The Kier molecular flexibility index (Phi) is 3.15. The Hall–Kier alpha value is -3.09. The average Bonchev–Trinajstić information content (AvgIpc) is 2.49. The summed E-state index contributed by atoms with van der Waals surface area (Å²) in [5, 5.41) is 9.05. The molecule has 0 fully saturated rings. The Morgan fingerprint density at radius 1 is 1.14 bits per heavy atom. The third-order valence-electron chi connectivity index (χ3n) is 2.69. The van der Waals surface area contributed by atoms with Crippen LogP contribution in [-0.2, 0) is 0 Å². The van der Waals surface area contributed by atoms with Gasteiger partial charge in [-0.2, -0.15) is 4.98 Å². The smallest absolute Gasteiger partial charge is 0.339 e. The zero-order valence-corrected chi connectivity index (χ0v) is 10.5. The zero-order valence-electron chi connectivity index (χ0n) is 10.5. The molecular weight excluding hydrogens is 277 g/mol. The molecule has 21 heavy (non-hydrogen) atoms. The van der Waals surface area contributed by atoms with Gasteiger partial charge in [-0.15, -0.1) is 0 Å². The monoisotopic (exact) mass is 285 g/mol. The molecule has 0 aliphatic rings. The summed E-state index contributed by atoms with van der Waals surface area (Å²) in [7, 11) is 0. The molecule has 2 heterocycles. The molecule has 2 aromatic heterocycles. The highest BCUT2D eigenvalue weighted by Crippen LogP contribution is 2.25. The molecule has 0 saturated heterocycles. The molecule has 0 aliphatic heterocycles. The van der Waals surface area contributed by atoms with Crippen molar-refractivity contribution in [3.8, 4) is 11.6 Å². The minimum absolute atomic E-state index is 0.000333. The van der Waals surface area contributed by atoms with Gasteiger partial charge in [0.1, 0.15) is 22.6 Å². The molecule has 0 saturated carbocycles. The van der Waals surface area contributed by atoms with Gasteiger partial charge in [-0.1, -0.05) is 0 Å². The standard InChI is InChI=1S/C14H8FN3O3/c15-8-1-3-11(9(7-8)14(19)20)21-12-4-2-10-13(18-12)17-6-5-16-10/h1-7H,(H,19,20). The fourth-order valence-electron chi connectivity index (χ4n) is 1.76. The molecule has 0 amide bonds. The predicted molar refractivity (Wildman–Crippen MR) is 70.8 cm³/mol. The van der Waals surface area contributed by atoms with Crippen LogP contribution in [-0.4, -0.2) is 26.0 Å². The Labute approximate surface area is 117 Å². The first-order chi connectivity index (χ1) is 10.1. The van der Waals surface area contributed by atoms with Crippen LogP contribution in [0.4, 0.5) is 4.39 Å². The van der Waals surface area contributed by atoms with E-state index in [0.29, 0.717) is 11.2 Å². The number of carboxylic acids is 1. The third-order valence-corrected chi connectivity index (χ3v) is 2.69. The molecule has 0 atom stereocenters. The highest BCUT2D eigenvalue weighted by atomic mass is 19.1. The molecule has 0 bridgehead atoms. The van der Waals surface area contributed by atoms with Gasteiger partial charge in [-0.3, -0.25) is 4.98 Å². The average molecular weight is 285 g/mol. The predicted octanol–water partition coefficient (Wildman–Crippen LogP) is 2.65. The summed E-state index contributed by atoms with van der Waals surface area (Å²) in [6.45, 7) is 0. The van der Waals surface area contributed by atoms with Crippen LogP contribution < -0.4 is 4.74 Å². The number of hydrogen-bond acceptors (Lipinski definition) is 5. The lowest BCUT2D eigenvalue weighted by Gasteiger charge is -2.08. The molecule has 1 aromatic carbocycles. The van der Waals surface area contributed by atoms with Crippen LogP contribution >= 0.6 is 0 Å². The van der Waals surface area contributed by atoms with Crippen molar-refractivity contribution in [1.29, 1.82) is 0 Å². The van der Waals surface area contributed by atoms with Gasteiger partial charge in [0.25, 0.3) is 0 Å². The molecule has 7 heteroatoms. The lowest BCUT2D eigenvalue weighted by Crippen LogP contribution is -2.01. The van der Waals surface area contributed by atoms with Crippen LogP contribution in [0.15, 0.2) is 42.7 Å². The van der Waals surface area contributed by atoms with E-state index < -0.39 is 11.8 Å². The maximum absolute atomic E-state index is 13.1. The number of aromatic nitrogens is 3. The number of carboxylic acid groups (broad SMARTS) is 1. The minimum Gasteiger partial charge on any atom is -0.478 e. The number of ether oxygens (including phenoxy) is 1. The molecule has 0 aliphatic carbocycles. The summed E-state index contributed by atoms with van der Waals surface area (Å²) in [4.78, 5) is 23.3. The van der Waals surface area contributed by atoms with Crippen LogP contribution in [0.1, 0.15) is 10.4 Å². The van der Waals surface area contributed by atoms with Crippen molar-refractivity contribution in [1.82, 2.24) is 15.0 Å². The first kappa shape index (κ1) is 12.9. The number of aromatic carboxylic acids is 1. The largest absolute Gasteiger partial charge is 0.478 e. The van der Waals surface area contributed by atoms with E-state index in [1.807, 2.05) is 0 Å². The van der Waals surface area contributed by atoms with Gasteiger partial charge in [0.2, 0.25) is 5.88 Å². The maximum atomic E-state index is 13.1. The van der Waals surface area contributed by atoms with Crippen molar-refractivity contribution in [3.05, 3.63) is 54.1 Å². The van der Waals surface area contributed by atoms with E-state index in [1.165, 1.54) is 24.5 Å². The highest BCUT2D eigenvalue weighted by Gasteiger charge is 2.14. The second-order valence-electron chi connectivity index (χ2n) is 4.10. The number of benzene rings is 1. The SMILES string of the molecule is O=C(O)c1cc(F)ccc1Oc1ccc2nccnc2n1. The number of nitrogens with zero attached hydrogens (tertiary/aromatic N) is 3. The van der Waals surface area contributed by atoms with E-state index in [4.69, 9.17) is 9.84 Å². The fraction of sp³-hybridized carbons (Fsp3) is 0. The summed E-state index contributed by atoms with van der Waals surface area (Å²) in [5.41, 5.74) is 0.674. The Morgan fingerprint density at radius 2 is 1.95 bits per heavy atom. The third kappa shape index (κ3) is 2.62. The van der Waals surface area contributed by atoms with Crippen molar-refractivity contribution < 1.29 is 19.0 Å². The van der Waals surface area contributed by atoms with Crippen molar-refractivity contribution >= 4 is 17.1 Å². The van der Waals surface area contributed by atoms with E-state index in [2.05, 4.69) is 15.0 Å². The molecule has 1 N–H and O–H groups in total. The van der Waals surface area contributed by atoms with Gasteiger partial charge in [-0.05, 0) is 24.3 Å². The van der Waals surface area contributed by atoms with Gasteiger partial charge in [0.15, 0.2) is 5.65 Å². The van der Waals surface area contributed by atoms with Crippen LogP contribution in [0.25, 0.3) is 11.2 Å². The molecule has 6 nitrogen and oxygen atoms in total. The van der Waals surface area contributed by atoms with Crippen molar-refractivity contribution in [2.24, 2.45) is 0 Å². The van der Waals surface area contributed by atoms with Gasteiger partial charge in [0.05, 0.1) is 0 Å². The Morgan fingerprint density at radius 3 is 2.76 bits per heavy atom. The molecule has 0 spiro atoms. The van der Waals surface area contributed by atoms with Crippen LogP contribution in [0, 0.1) is 5.82 Å². The molecular formula is C14H8FN3O3. The fourth-order valence-corrected chi connectivity index (χ4v) is 1.76. The van der Waals surface area contributed by atoms with E-state index >= 15 is 0 Å². The summed E-state index contributed by atoms with van der Waals surface area (Å²) in [6, 6.07) is 6.42. The van der Waals surface area contributed by atoms with E-state index in [9.17, 15) is 9.18 Å². The van der Waals surface area contributed by atoms with E-state index in [0.717, 1.165) is 12.1 Å². The molecule has 104 valence electrons. The van der Waals surface area contributed by atoms with E-state index in [-0.39, 0.29) is 17.2 Å². The second kappa shape index (κ2) is 5.12. The number of hydrogen-bond donors (Lipinski definition) is 1. The number of rotatable bonds is 3. The number of fused-ring (bicyclic) bond motifs is 1. The quantitative estimate of drug-likeness (QED) is 0.796. The Balaban J connectivity index is 2.00. The number of carbonyl (C=O) groups is 1. The van der Waals surface area contributed by atoms with Crippen LogP contribution in [0.3, 0.4) is 0 Å². The summed E-state index contributed by atoms with van der Waals surface area (Å²) in [6.07, 6.45) is 3.02. The van der Waals surface area contributed by atoms with Crippen LogP contribution in [0.5, 0.6) is 11.6 Å². The molecule has 0 radical (unpaired) electrons. The lowest BCUT2D eigenvalue weighted by molar-refractivity contribution is 0.0693. The first-order valence-corrected chi connectivity index (χ1v) is 5.92. The molecule has 3 aromatic rings. The van der Waals surface area contributed by atoms with E-state index in [1.54, 1.807) is 6.07 Å². The van der Waals surface area contributed by atoms with Crippen molar-refractivity contribution in [3.63, 3.8) is 0 Å².